The Morgan fingerprint density at radius 2 is 1.79 bits per heavy atom. The van der Waals surface area contributed by atoms with Crippen molar-refractivity contribution in [1.29, 1.82) is 0 Å². The van der Waals surface area contributed by atoms with E-state index in [9.17, 15) is 4.79 Å². The van der Waals surface area contributed by atoms with Gasteiger partial charge in [-0.05, 0) is 19.0 Å². The first-order valence-electron chi connectivity index (χ1n) is 5.69. The fourth-order valence-corrected chi connectivity index (χ4v) is 1.30. The van der Waals surface area contributed by atoms with Gasteiger partial charge in [-0.25, -0.2) is 0 Å². The lowest BCUT2D eigenvalue weighted by atomic mass is 10.1. The van der Waals surface area contributed by atoms with Gasteiger partial charge < -0.3 is 5.32 Å². The minimum atomic E-state index is 0.00388. The van der Waals surface area contributed by atoms with Crippen molar-refractivity contribution in [3.05, 3.63) is 12.3 Å². The average molecular weight is 197 g/mol. The minimum absolute atomic E-state index is 0.00388. The van der Waals surface area contributed by atoms with Gasteiger partial charge in [-0.2, -0.15) is 0 Å². The molecule has 0 radical (unpaired) electrons. The second-order valence-corrected chi connectivity index (χ2v) is 3.66. The summed E-state index contributed by atoms with van der Waals surface area (Å²) in [6.07, 6.45) is 12.8. The Morgan fingerprint density at radius 3 is 2.43 bits per heavy atom. The Balaban J connectivity index is 3.05. The van der Waals surface area contributed by atoms with Crippen LogP contribution in [0.25, 0.3) is 0 Å². The van der Waals surface area contributed by atoms with Crippen LogP contribution in [-0.4, -0.2) is 5.91 Å². The first kappa shape index (κ1) is 13.2. The minimum Gasteiger partial charge on any atom is -0.333 e. The van der Waals surface area contributed by atoms with Crippen molar-refractivity contribution < 1.29 is 4.79 Å². The van der Waals surface area contributed by atoms with E-state index in [1.54, 1.807) is 6.20 Å². The van der Waals surface area contributed by atoms with Crippen LogP contribution in [0.15, 0.2) is 12.3 Å². The Bertz CT molecular complexity index is 164. The van der Waals surface area contributed by atoms with Gasteiger partial charge in [0.2, 0.25) is 5.91 Å². The van der Waals surface area contributed by atoms with Gasteiger partial charge >= 0.3 is 0 Å². The lowest BCUT2D eigenvalue weighted by Gasteiger charge is -1.97. The lowest BCUT2D eigenvalue weighted by molar-refractivity contribution is -0.118. The molecule has 0 unspecified atom stereocenters. The molecule has 0 saturated heterocycles. The van der Waals surface area contributed by atoms with Crippen molar-refractivity contribution in [2.45, 2.75) is 58.8 Å². The van der Waals surface area contributed by atoms with Crippen LogP contribution in [0.5, 0.6) is 0 Å². The van der Waals surface area contributed by atoms with E-state index >= 15 is 0 Å². The van der Waals surface area contributed by atoms with Crippen LogP contribution in [0.2, 0.25) is 0 Å². The summed E-state index contributed by atoms with van der Waals surface area (Å²) in [4.78, 5) is 10.5. The van der Waals surface area contributed by atoms with Crippen molar-refractivity contribution in [2.75, 3.05) is 0 Å². The number of unbranched alkanes of at least 4 members (excludes halogenated alkanes) is 6. The molecule has 0 aromatic heterocycles. The summed E-state index contributed by atoms with van der Waals surface area (Å²) in [6.45, 7) is 3.76. The Morgan fingerprint density at radius 1 is 1.14 bits per heavy atom. The van der Waals surface area contributed by atoms with E-state index in [1.165, 1.54) is 45.4 Å². The van der Waals surface area contributed by atoms with Gasteiger partial charge in [0.1, 0.15) is 0 Å². The number of nitrogens with one attached hydrogen (secondary N) is 1. The van der Waals surface area contributed by atoms with Crippen LogP contribution in [-0.2, 0) is 4.79 Å². The van der Waals surface area contributed by atoms with Gasteiger partial charge in [0.15, 0.2) is 0 Å². The first-order chi connectivity index (χ1) is 6.77. The number of carbonyl (C=O) groups excluding carboxylic acids is 1. The molecule has 0 bridgehead atoms. The molecule has 0 aliphatic carbocycles. The zero-order chi connectivity index (χ0) is 10.6. The molecular weight excluding hydrogens is 174 g/mol. The highest BCUT2D eigenvalue weighted by Gasteiger charge is 1.88. The number of allylic oxidation sites excluding steroid dienone is 1. The van der Waals surface area contributed by atoms with E-state index in [1.807, 2.05) is 6.08 Å². The molecule has 1 N–H and O–H groups in total. The molecule has 0 saturated carbocycles. The molecule has 0 spiro atoms. The fraction of sp³-hybridized carbons (Fsp3) is 0.750. The van der Waals surface area contributed by atoms with Crippen molar-refractivity contribution in [1.82, 2.24) is 5.32 Å². The van der Waals surface area contributed by atoms with E-state index in [0.717, 1.165) is 6.42 Å². The first-order valence-corrected chi connectivity index (χ1v) is 5.69. The Kier molecular flexibility index (Phi) is 9.71. The second kappa shape index (κ2) is 10.3. The monoisotopic (exact) mass is 197 g/mol. The standard InChI is InChI=1S/C12H23NO/c1-3-4-5-6-7-8-9-10-11-13-12(2)14/h10-11H,3-9H2,1-2H3,(H,13,14)/b11-10+. The predicted octanol–water partition coefficient (Wildman–Crippen LogP) is 3.39. The zero-order valence-electron chi connectivity index (χ0n) is 9.51. The van der Waals surface area contributed by atoms with E-state index < -0.39 is 0 Å². The van der Waals surface area contributed by atoms with Gasteiger partial charge in [-0.3, -0.25) is 4.79 Å². The zero-order valence-corrected chi connectivity index (χ0v) is 9.51. The van der Waals surface area contributed by atoms with Crippen LogP contribution in [0, 0.1) is 0 Å². The predicted molar refractivity (Wildman–Crippen MR) is 60.9 cm³/mol. The summed E-state index contributed by atoms with van der Waals surface area (Å²) in [5, 5.41) is 2.64. The highest BCUT2D eigenvalue weighted by atomic mass is 16.1. The summed E-state index contributed by atoms with van der Waals surface area (Å²) in [5.41, 5.74) is 0. The van der Waals surface area contributed by atoms with Crippen molar-refractivity contribution in [3.63, 3.8) is 0 Å². The van der Waals surface area contributed by atoms with Crippen molar-refractivity contribution in [2.24, 2.45) is 0 Å². The summed E-state index contributed by atoms with van der Waals surface area (Å²) in [7, 11) is 0. The van der Waals surface area contributed by atoms with E-state index in [-0.39, 0.29) is 5.91 Å². The summed E-state index contributed by atoms with van der Waals surface area (Å²) >= 11 is 0. The number of hydrogen-bond donors (Lipinski definition) is 1. The van der Waals surface area contributed by atoms with E-state index in [0.29, 0.717) is 0 Å². The van der Waals surface area contributed by atoms with Gasteiger partial charge in [0.25, 0.3) is 0 Å². The van der Waals surface area contributed by atoms with Crippen LogP contribution in [0.1, 0.15) is 58.8 Å². The number of hydrogen-bond acceptors (Lipinski definition) is 1. The van der Waals surface area contributed by atoms with Crippen molar-refractivity contribution in [3.8, 4) is 0 Å². The third-order valence-electron chi connectivity index (χ3n) is 2.13. The van der Waals surface area contributed by atoms with Gasteiger partial charge in [0, 0.05) is 6.92 Å². The van der Waals surface area contributed by atoms with E-state index in [4.69, 9.17) is 0 Å². The van der Waals surface area contributed by atoms with Crippen LogP contribution in [0.4, 0.5) is 0 Å². The third kappa shape index (κ3) is 11.2. The largest absolute Gasteiger partial charge is 0.333 e. The smallest absolute Gasteiger partial charge is 0.220 e. The second-order valence-electron chi connectivity index (χ2n) is 3.66. The van der Waals surface area contributed by atoms with E-state index in [2.05, 4.69) is 12.2 Å². The number of carbonyl (C=O) groups is 1. The molecule has 0 fully saturated rings. The molecule has 0 atom stereocenters. The normalized spacial score (nSPS) is 10.7. The van der Waals surface area contributed by atoms with Crippen molar-refractivity contribution >= 4 is 5.91 Å². The molecule has 2 heteroatoms. The molecule has 0 aromatic rings. The lowest BCUT2D eigenvalue weighted by Crippen LogP contribution is -2.11. The highest BCUT2D eigenvalue weighted by molar-refractivity contribution is 5.73. The van der Waals surface area contributed by atoms with Gasteiger partial charge in [0.05, 0.1) is 0 Å². The summed E-state index contributed by atoms with van der Waals surface area (Å²) in [5.74, 6) is 0.00388. The van der Waals surface area contributed by atoms with Crippen LogP contribution < -0.4 is 5.32 Å². The molecule has 0 aliphatic heterocycles. The summed E-state index contributed by atoms with van der Waals surface area (Å²) < 4.78 is 0. The quantitative estimate of drug-likeness (QED) is 0.594. The van der Waals surface area contributed by atoms with Gasteiger partial charge in [-0.15, -0.1) is 0 Å². The maximum absolute atomic E-state index is 10.5. The topological polar surface area (TPSA) is 29.1 Å². The SMILES string of the molecule is CCCCCCCC/C=C/NC(C)=O. The molecule has 82 valence electrons. The molecule has 0 heterocycles. The number of rotatable bonds is 8. The maximum atomic E-state index is 10.5. The molecule has 0 rings (SSSR count). The van der Waals surface area contributed by atoms with Gasteiger partial charge in [-0.1, -0.05) is 45.1 Å². The van der Waals surface area contributed by atoms with Crippen LogP contribution >= 0.6 is 0 Å². The number of amides is 1. The van der Waals surface area contributed by atoms with Crippen LogP contribution in [0.3, 0.4) is 0 Å². The fourth-order valence-electron chi connectivity index (χ4n) is 1.30. The molecule has 14 heavy (non-hydrogen) atoms. The Hall–Kier alpha value is -0.790. The summed E-state index contributed by atoms with van der Waals surface area (Å²) in [6, 6.07) is 0. The molecule has 0 aliphatic rings. The average Bonchev–Trinajstić information content (AvgIpc) is 2.15. The third-order valence-corrected chi connectivity index (χ3v) is 2.13. The maximum Gasteiger partial charge on any atom is 0.220 e. The molecule has 1 amide bonds. The Labute approximate surface area is 87.8 Å². The highest BCUT2D eigenvalue weighted by Crippen LogP contribution is 2.06. The molecule has 2 nitrogen and oxygen atoms in total. The molecule has 0 aromatic carbocycles. The molecular formula is C12H23NO.